The van der Waals surface area contributed by atoms with Gasteiger partial charge in [0.25, 0.3) is 0 Å². The van der Waals surface area contributed by atoms with Gasteiger partial charge >= 0.3 is 0 Å². The van der Waals surface area contributed by atoms with Crippen molar-refractivity contribution in [2.45, 2.75) is 32.1 Å². The van der Waals surface area contributed by atoms with Gasteiger partial charge in [-0.25, -0.2) is 12.7 Å². The summed E-state index contributed by atoms with van der Waals surface area (Å²) in [6, 6.07) is 0. The van der Waals surface area contributed by atoms with Crippen LogP contribution in [0.2, 0.25) is 0 Å². The van der Waals surface area contributed by atoms with Crippen LogP contribution in [0.4, 0.5) is 0 Å². The van der Waals surface area contributed by atoms with Crippen LogP contribution in [-0.2, 0) is 10.0 Å². The molecular formula is C10H19NO2S2. The Labute approximate surface area is 97.7 Å². The molecule has 88 valence electrons. The second-order valence-corrected chi connectivity index (χ2v) is 7.27. The van der Waals surface area contributed by atoms with E-state index in [0.717, 1.165) is 31.6 Å². The van der Waals surface area contributed by atoms with Crippen LogP contribution in [0.5, 0.6) is 0 Å². The molecule has 2 aliphatic rings. The Hall–Kier alpha value is 0.260. The van der Waals surface area contributed by atoms with Gasteiger partial charge in [0.2, 0.25) is 10.0 Å². The fraction of sp³-hybridized carbons (Fsp3) is 1.00. The van der Waals surface area contributed by atoms with E-state index in [2.05, 4.69) is 12.6 Å². The summed E-state index contributed by atoms with van der Waals surface area (Å²) in [7, 11) is -2.92. The largest absolute Gasteiger partial charge is 0.214 e. The number of rotatable bonds is 3. The lowest BCUT2D eigenvalue weighted by Gasteiger charge is -2.31. The van der Waals surface area contributed by atoms with Gasteiger partial charge in [0, 0.05) is 13.1 Å². The van der Waals surface area contributed by atoms with E-state index >= 15 is 0 Å². The van der Waals surface area contributed by atoms with Gasteiger partial charge in [0.15, 0.2) is 0 Å². The number of hydrogen-bond acceptors (Lipinski definition) is 3. The summed E-state index contributed by atoms with van der Waals surface area (Å²) < 4.78 is 25.1. The SMILES string of the molecule is O=S1(=O)CCCN1CC1(CS)CCCC1. The smallest absolute Gasteiger partial charge is 0.212 e. The molecule has 0 atom stereocenters. The molecule has 1 saturated heterocycles. The third kappa shape index (κ3) is 2.34. The third-order valence-corrected chi connectivity index (χ3v) is 6.29. The normalized spacial score (nSPS) is 29.7. The average molecular weight is 249 g/mol. The highest BCUT2D eigenvalue weighted by molar-refractivity contribution is 7.89. The van der Waals surface area contributed by atoms with Crippen molar-refractivity contribution in [3.63, 3.8) is 0 Å². The van der Waals surface area contributed by atoms with Crippen LogP contribution < -0.4 is 0 Å². The third-order valence-electron chi connectivity index (χ3n) is 3.71. The van der Waals surface area contributed by atoms with Gasteiger partial charge in [0.1, 0.15) is 0 Å². The highest BCUT2D eigenvalue weighted by Gasteiger charge is 2.39. The van der Waals surface area contributed by atoms with E-state index in [-0.39, 0.29) is 5.41 Å². The average Bonchev–Trinajstić information content (AvgIpc) is 2.76. The zero-order chi connectivity index (χ0) is 10.9. The maximum atomic E-state index is 11.7. The van der Waals surface area contributed by atoms with Crippen molar-refractivity contribution in [1.82, 2.24) is 4.31 Å². The fourth-order valence-corrected chi connectivity index (χ4v) is 4.78. The lowest BCUT2D eigenvalue weighted by atomic mass is 9.88. The Morgan fingerprint density at radius 2 is 1.87 bits per heavy atom. The quantitative estimate of drug-likeness (QED) is 0.770. The van der Waals surface area contributed by atoms with E-state index in [1.165, 1.54) is 12.8 Å². The number of hydrogen-bond donors (Lipinski definition) is 1. The first-order chi connectivity index (χ1) is 7.08. The fourth-order valence-electron chi connectivity index (χ4n) is 2.73. The first kappa shape index (κ1) is 11.7. The summed E-state index contributed by atoms with van der Waals surface area (Å²) in [5.41, 5.74) is 0.167. The van der Waals surface area contributed by atoms with Gasteiger partial charge in [-0.15, -0.1) is 0 Å². The maximum Gasteiger partial charge on any atom is 0.214 e. The monoisotopic (exact) mass is 249 g/mol. The lowest BCUT2D eigenvalue weighted by molar-refractivity contribution is 0.258. The maximum absolute atomic E-state index is 11.7. The summed E-state index contributed by atoms with van der Waals surface area (Å²) in [6.07, 6.45) is 5.54. The Balaban J connectivity index is 2.07. The molecule has 0 amide bonds. The summed E-state index contributed by atoms with van der Waals surface area (Å²) in [5, 5.41) is 0. The molecule has 0 bridgehead atoms. The van der Waals surface area contributed by atoms with Gasteiger partial charge in [-0.2, -0.15) is 12.6 Å². The minimum Gasteiger partial charge on any atom is -0.212 e. The number of sulfonamides is 1. The van der Waals surface area contributed by atoms with E-state index in [0.29, 0.717) is 12.3 Å². The van der Waals surface area contributed by atoms with Crippen LogP contribution >= 0.6 is 12.6 Å². The molecule has 15 heavy (non-hydrogen) atoms. The molecule has 1 aliphatic carbocycles. The van der Waals surface area contributed by atoms with Gasteiger partial charge in [-0.3, -0.25) is 0 Å². The number of nitrogens with zero attached hydrogens (tertiary/aromatic N) is 1. The summed E-state index contributed by atoms with van der Waals surface area (Å²) in [6.45, 7) is 1.43. The standard InChI is InChI=1S/C10H19NO2S2/c12-15(13)7-3-6-11(15)8-10(9-14)4-1-2-5-10/h14H,1-9H2. The van der Waals surface area contributed by atoms with Crippen LogP contribution in [0.25, 0.3) is 0 Å². The highest BCUT2D eigenvalue weighted by atomic mass is 32.2. The van der Waals surface area contributed by atoms with E-state index in [4.69, 9.17) is 0 Å². The molecule has 0 aromatic rings. The molecule has 1 saturated carbocycles. The molecule has 2 fully saturated rings. The van der Waals surface area contributed by atoms with E-state index in [1.807, 2.05) is 0 Å². The van der Waals surface area contributed by atoms with Gasteiger partial charge in [-0.05, 0) is 30.4 Å². The zero-order valence-corrected chi connectivity index (χ0v) is 10.7. The van der Waals surface area contributed by atoms with Crippen LogP contribution in [-0.4, -0.2) is 37.3 Å². The van der Waals surface area contributed by atoms with Crippen molar-refractivity contribution in [3.8, 4) is 0 Å². The summed E-state index contributed by atoms with van der Waals surface area (Å²) in [5.74, 6) is 1.16. The van der Waals surface area contributed by atoms with Crippen LogP contribution in [0.1, 0.15) is 32.1 Å². The molecule has 3 nitrogen and oxygen atoms in total. The van der Waals surface area contributed by atoms with Crippen molar-refractivity contribution < 1.29 is 8.42 Å². The van der Waals surface area contributed by atoms with Crippen LogP contribution in [0.3, 0.4) is 0 Å². The predicted octanol–water partition coefficient (Wildman–Crippen LogP) is 1.51. The van der Waals surface area contributed by atoms with Crippen molar-refractivity contribution in [3.05, 3.63) is 0 Å². The molecule has 1 heterocycles. The van der Waals surface area contributed by atoms with Gasteiger partial charge in [0.05, 0.1) is 5.75 Å². The topological polar surface area (TPSA) is 37.4 Å². The van der Waals surface area contributed by atoms with Crippen molar-refractivity contribution >= 4 is 22.7 Å². The predicted molar refractivity (Wildman–Crippen MR) is 64.7 cm³/mol. The molecular weight excluding hydrogens is 230 g/mol. The first-order valence-electron chi connectivity index (χ1n) is 5.67. The highest BCUT2D eigenvalue weighted by Crippen LogP contribution is 2.40. The summed E-state index contributed by atoms with van der Waals surface area (Å²) in [4.78, 5) is 0. The molecule has 5 heteroatoms. The molecule has 0 N–H and O–H groups in total. The van der Waals surface area contributed by atoms with E-state index in [1.54, 1.807) is 4.31 Å². The molecule has 0 aromatic carbocycles. The number of thiol groups is 1. The second kappa shape index (κ2) is 4.26. The van der Waals surface area contributed by atoms with Crippen LogP contribution in [0, 0.1) is 5.41 Å². The molecule has 1 aliphatic heterocycles. The molecule has 0 aromatic heterocycles. The van der Waals surface area contributed by atoms with Crippen molar-refractivity contribution in [2.24, 2.45) is 5.41 Å². The Morgan fingerprint density at radius 1 is 1.20 bits per heavy atom. The van der Waals surface area contributed by atoms with Crippen molar-refractivity contribution in [1.29, 1.82) is 0 Å². The van der Waals surface area contributed by atoms with Gasteiger partial charge in [-0.1, -0.05) is 12.8 Å². The van der Waals surface area contributed by atoms with Crippen LogP contribution in [0.15, 0.2) is 0 Å². The zero-order valence-electron chi connectivity index (χ0n) is 8.98. The van der Waals surface area contributed by atoms with E-state index in [9.17, 15) is 8.42 Å². The lowest BCUT2D eigenvalue weighted by Crippen LogP contribution is -2.38. The summed E-state index contributed by atoms with van der Waals surface area (Å²) >= 11 is 4.41. The minimum absolute atomic E-state index is 0.167. The molecule has 0 radical (unpaired) electrons. The van der Waals surface area contributed by atoms with Crippen molar-refractivity contribution in [2.75, 3.05) is 24.6 Å². The second-order valence-electron chi connectivity index (χ2n) is 4.87. The Kier molecular flexibility index (Phi) is 3.33. The molecule has 0 spiro atoms. The van der Waals surface area contributed by atoms with E-state index < -0.39 is 10.0 Å². The Morgan fingerprint density at radius 3 is 2.33 bits per heavy atom. The minimum atomic E-state index is -2.92. The Bertz CT molecular complexity index is 320. The molecule has 0 unspecified atom stereocenters. The molecule has 2 rings (SSSR count). The van der Waals surface area contributed by atoms with Gasteiger partial charge < -0.3 is 0 Å². The first-order valence-corrected chi connectivity index (χ1v) is 7.91.